The van der Waals surface area contributed by atoms with Crippen LogP contribution < -0.4 is 0 Å². The van der Waals surface area contributed by atoms with E-state index in [1.54, 1.807) is 18.4 Å². The first-order valence-electron chi connectivity index (χ1n) is 7.76. The van der Waals surface area contributed by atoms with E-state index < -0.39 is 0 Å². The highest BCUT2D eigenvalue weighted by atomic mass is 32.2. The van der Waals surface area contributed by atoms with Gasteiger partial charge in [0.15, 0.2) is 16.7 Å². The SMILES string of the molecule is N#Cc1ccc(Sc2nnc(-c3ccccc3)n2Cc2ccco2)nn1. The summed E-state index contributed by atoms with van der Waals surface area (Å²) in [5, 5.41) is 26.7. The largest absolute Gasteiger partial charge is 0.467 e. The van der Waals surface area contributed by atoms with E-state index in [1.807, 2.05) is 53.1 Å². The van der Waals surface area contributed by atoms with Crippen LogP contribution in [0.5, 0.6) is 0 Å². The van der Waals surface area contributed by atoms with Gasteiger partial charge in [0.1, 0.15) is 16.9 Å². The monoisotopic (exact) mass is 360 g/mol. The van der Waals surface area contributed by atoms with Crippen LogP contribution >= 0.6 is 11.8 Å². The minimum Gasteiger partial charge on any atom is -0.467 e. The summed E-state index contributed by atoms with van der Waals surface area (Å²) in [6.07, 6.45) is 1.64. The fourth-order valence-electron chi connectivity index (χ4n) is 2.39. The summed E-state index contributed by atoms with van der Waals surface area (Å²) in [5.41, 5.74) is 1.24. The molecular formula is C18H12N6OS. The van der Waals surface area contributed by atoms with Crippen LogP contribution in [-0.2, 0) is 6.54 Å². The molecule has 0 spiro atoms. The van der Waals surface area contributed by atoms with E-state index in [4.69, 9.17) is 9.68 Å². The predicted molar refractivity (Wildman–Crippen MR) is 94.1 cm³/mol. The Balaban J connectivity index is 1.71. The van der Waals surface area contributed by atoms with Crippen molar-refractivity contribution in [3.63, 3.8) is 0 Å². The molecule has 0 amide bonds. The number of furan rings is 1. The van der Waals surface area contributed by atoms with Crippen LogP contribution in [0.3, 0.4) is 0 Å². The lowest BCUT2D eigenvalue weighted by atomic mass is 10.2. The molecule has 0 bridgehead atoms. The Bertz CT molecular complexity index is 1040. The van der Waals surface area contributed by atoms with E-state index in [0.717, 1.165) is 17.1 Å². The Labute approximate surface area is 153 Å². The van der Waals surface area contributed by atoms with E-state index in [0.29, 0.717) is 16.7 Å². The van der Waals surface area contributed by atoms with Crippen LogP contribution in [-0.4, -0.2) is 25.0 Å². The molecule has 3 heterocycles. The highest BCUT2D eigenvalue weighted by Gasteiger charge is 2.17. The molecule has 126 valence electrons. The van der Waals surface area contributed by atoms with Gasteiger partial charge in [0, 0.05) is 5.56 Å². The molecule has 0 saturated carbocycles. The van der Waals surface area contributed by atoms with Gasteiger partial charge >= 0.3 is 0 Å². The summed E-state index contributed by atoms with van der Waals surface area (Å²) >= 11 is 1.34. The van der Waals surface area contributed by atoms with Crippen molar-refractivity contribution < 1.29 is 4.42 Å². The van der Waals surface area contributed by atoms with Crippen LogP contribution in [0.2, 0.25) is 0 Å². The lowest BCUT2D eigenvalue weighted by Gasteiger charge is -2.08. The van der Waals surface area contributed by atoms with Gasteiger partial charge in [-0.3, -0.25) is 4.57 Å². The Hall–Kier alpha value is -3.44. The van der Waals surface area contributed by atoms with Crippen molar-refractivity contribution in [1.29, 1.82) is 5.26 Å². The third-order valence-corrected chi connectivity index (χ3v) is 4.50. The molecule has 0 aliphatic rings. The third-order valence-electron chi connectivity index (χ3n) is 3.59. The van der Waals surface area contributed by atoms with Crippen LogP contribution in [0.25, 0.3) is 11.4 Å². The fourth-order valence-corrected chi connectivity index (χ4v) is 3.14. The Morgan fingerprint density at radius 2 is 1.85 bits per heavy atom. The van der Waals surface area contributed by atoms with Gasteiger partial charge in [-0.15, -0.1) is 20.4 Å². The molecule has 0 saturated heterocycles. The first kappa shape index (κ1) is 16.1. The van der Waals surface area contributed by atoms with Crippen LogP contribution in [0.1, 0.15) is 11.5 Å². The summed E-state index contributed by atoms with van der Waals surface area (Å²) in [7, 11) is 0. The first-order valence-corrected chi connectivity index (χ1v) is 8.58. The molecule has 7 nitrogen and oxygen atoms in total. The predicted octanol–water partition coefficient (Wildman–Crippen LogP) is 3.40. The lowest BCUT2D eigenvalue weighted by molar-refractivity contribution is 0.485. The second-order valence-corrected chi connectivity index (χ2v) is 6.30. The molecule has 0 fully saturated rings. The minimum atomic E-state index is 0.274. The normalized spacial score (nSPS) is 10.6. The van der Waals surface area contributed by atoms with Crippen molar-refractivity contribution in [1.82, 2.24) is 25.0 Å². The van der Waals surface area contributed by atoms with Crippen molar-refractivity contribution in [2.75, 3.05) is 0 Å². The summed E-state index contributed by atoms with van der Waals surface area (Å²) in [4.78, 5) is 0. The summed E-state index contributed by atoms with van der Waals surface area (Å²) in [6, 6.07) is 18.9. The highest BCUT2D eigenvalue weighted by Crippen LogP contribution is 2.29. The van der Waals surface area contributed by atoms with Crippen molar-refractivity contribution in [3.8, 4) is 17.5 Å². The van der Waals surface area contributed by atoms with E-state index in [1.165, 1.54) is 11.8 Å². The Kier molecular flexibility index (Phi) is 4.45. The average Bonchev–Trinajstić information content (AvgIpc) is 3.34. The van der Waals surface area contributed by atoms with Gasteiger partial charge in [0.2, 0.25) is 0 Å². The van der Waals surface area contributed by atoms with Gasteiger partial charge in [-0.1, -0.05) is 30.3 Å². The topological polar surface area (TPSA) is 93.4 Å². The van der Waals surface area contributed by atoms with Gasteiger partial charge < -0.3 is 4.42 Å². The maximum absolute atomic E-state index is 8.84. The summed E-state index contributed by atoms with van der Waals surface area (Å²) in [6.45, 7) is 0.496. The highest BCUT2D eigenvalue weighted by molar-refractivity contribution is 7.99. The maximum Gasteiger partial charge on any atom is 0.198 e. The molecule has 0 unspecified atom stereocenters. The first-order chi connectivity index (χ1) is 12.8. The van der Waals surface area contributed by atoms with E-state index in [2.05, 4.69) is 20.4 Å². The number of hydrogen-bond donors (Lipinski definition) is 0. The third kappa shape index (κ3) is 3.34. The van der Waals surface area contributed by atoms with E-state index in [9.17, 15) is 0 Å². The minimum absolute atomic E-state index is 0.274. The molecule has 3 aromatic heterocycles. The maximum atomic E-state index is 8.84. The van der Waals surface area contributed by atoms with Gasteiger partial charge in [0.25, 0.3) is 0 Å². The van der Waals surface area contributed by atoms with E-state index in [-0.39, 0.29) is 5.69 Å². The van der Waals surface area contributed by atoms with Crippen molar-refractivity contribution in [3.05, 3.63) is 72.3 Å². The molecule has 4 aromatic rings. The summed E-state index contributed by atoms with van der Waals surface area (Å²) in [5.74, 6) is 1.54. The van der Waals surface area contributed by atoms with Crippen LogP contribution in [0.4, 0.5) is 0 Å². The number of hydrogen-bond acceptors (Lipinski definition) is 7. The molecular weight excluding hydrogens is 348 g/mol. The standard InChI is InChI=1S/C18H12N6OS/c19-11-14-8-9-16(21-20-14)26-18-23-22-17(13-5-2-1-3-6-13)24(18)12-15-7-4-10-25-15/h1-10H,12H2. The molecule has 1 aromatic carbocycles. The number of nitrogens with zero attached hydrogens (tertiary/aromatic N) is 6. The molecule has 0 N–H and O–H groups in total. The lowest BCUT2D eigenvalue weighted by Crippen LogP contribution is -2.03. The average molecular weight is 360 g/mol. The van der Waals surface area contributed by atoms with Crippen molar-refractivity contribution in [2.24, 2.45) is 0 Å². The van der Waals surface area contributed by atoms with Gasteiger partial charge in [-0.2, -0.15) is 5.26 Å². The zero-order valence-corrected chi connectivity index (χ0v) is 14.3. The van der Waals surface area contributed by atoms with Gasteiger partial charge in [-0.25, -0.2) is 0 Å². The zero-order chi connectivity index (χ0) is 17.8. The molecule has 26 heavy (non-hydrogen) atoms. The number of aromatic nitrogens is 5. The second-order valence-electron chi connectivity index (χ2n) is 5.31. The van der Waals surface area contributed by atoms with Gasteiger partial charge in [0.05, 0.1) is 12.8 Å². The van der Waals surface area contributed by atoms with Gasteiger partial charge in [-0.05, 0) is 36.0 Å². The molecule has 0 atom stereocenters. The smallest absolute Gasteiger partial charge is 0.198 e. The quantitative estimate of drug-likeness (QED) is 0.538. The van der Waals surface area contributed by atoms with Crippen LogP contribution in [0.15, 0.2) is 75.5 Å². The fraction of sp³-hybridized carbons (Fsp3) is 0.0556. The molecule has 0 aliphatic heterocycles. The number of nitriles is 1. The number of rotatable bonds is 5. The zero-order valence-electron chi connectivity index (χ0n) is 13.5. The molecule has 4 rings (SSSR count). The van der Waals surface area contributed by atoms with Crippen molar-refractivity contribution in [2.45, 2.75) is 16.7 Å². The Morgan fingerprint density at radius 1 is 0.962 bits per heavy atom. The number of benzene rings is 1. The summed E-state index contributed by atoms with van der Waals surface area (Å²) < 4.78 is 7.45. The van der Waals surface area contributed by atoms with E-state index >= 15 is 0 Å². The molecule has 0 radical (unpaired) electrons. The molecule has 0 aliphatic carbocycles. The molecule has 8 heteroatoms. The van der Waals surface area contributed by atoms with Crippen molar-refractivity contribution >= 4 is 11.8 Å². The Morgan fingerprint density at radius 3 is 2.54 bits per heavy atom. The second kappa shape index (κ2) is 7.21. The van der Waals surface area contributed by atoms with Crippen LogP contribution in [0, 0.1) is 11.3 Å².